The second kappa shape index (κ2) is 6.96. The van der Waals surface area contributed by atoms with Crippen molar-refractivity contribution < 1.29 is 4.39 Å². The third kappa shape index (κ3) is 3.04. The van der Waals surface area contributed by atoms with Gasteiger partial charge in [-0.2, -0.15) is 9.65 Å². The molecule has 0 aliphatic carbocycles. The molecule has 4 aromatic rings. The first kappa shape index (κ1) is 16.8. The number of nitriles is 1. The Morgan fingerprint density at radius 2 is 2.15 bits per heavy atom. The molecule has 0 radical (unpaired) electrons. The molecule has 0 fully saturated rings. The van der Waals surface area contributed by atoms with Gasteiger partial charge in [-0.15, -0.1) is 0 Å². The van der Waals surface area contributed by atoms with Gasteiger partial charge in [-0.25, -0.2) is 19.9 Å². The van der Waals surface area contributed by atoms with Crippen molar-refractivity contribution in [3.8, 4) is 17.6 Å². The van der Waals surface area contributed by atoms with Gasteiger partial charge in [0.1, 0.15) is 23.7 Å². The molecule has 8 heteroatoms. The van der Waals surface area contributed by atoms with Crippen LogP contribution in [0.2, 0.25) is 0 Å². The van der Waals surface area contributed by atoms with E-state index in [0.717, 1.165) is 24.1 Å². The van der Waals surface area contributed by atoms with E-state index in [4.69, 9.17) is 0 Å². The molecule has 4 rings (SSSR count). The Bertz CT molecular complexity index is 1150. The lowest BCUT2D eigenvalue weighted by Gasteiger charge is -2.06. The second-order valence-corrected chi connectivity index (χ2v) is 6.11. The minimum atomic E-state index is -0.567. The number of imidazole rings is 2. The molecule has 0 saturated heterocycles. The number of hydrogen-bond donors (Lipinski definition) is 0. The van der Waals surface area contributed by atoms with Crippen LogP contribution in [0.15, 0.2) is 43.1 Å². The normalized spacial score (nSPS) is 11.0. The van der Waals surface area contributed by atoms with Crippen LogP contribution in [-0.4, -0.2) is 28.9 Å². The Balaban J connectivity index is 1.78. The standard InChI is InChI=1S/C19H16FN7/c1-2-4-13-10-22-12-27-16(9-21)15(25-18(13)27)11-26-8-7-23-19(26)14-5-3-6-17(20)24-14/h3,5-8,10,12H,2,4,11H2,1H3. The van der Waals surface area contributed by atoms with Crippen LogP contribution < -0.4 is 0 Å². The van der Waals surface area contributed by atoms with Crippen molar-refractivity contribution in [3.05, 3.63) is 66.0 Å². The Morgan fingerprint density at radius 3 is 2.93 bits per heavy atom. The highest BCUT2D eigenvalue weighted by atomic mass is 19.1. The van der Waals surface area contributed by atoms with Crippen LogP contribution in [0.25, 0.3) is 17.2 Å². The Hall–Kier alpha value is -3.60. The molecule has 0 unspecified atom stereocenters. The average Bonchev–Trinajstić information content (AvgIpc) is 3.27. The van der Waals surface area contributed by atoms with E-state index in [1.165, 1.54) is 6.07 Å². The number of hydrogen-bond acceptors (Lipinski definition) is 5. The van der Waals surface area contributed by atoms with Crippen LogP contribution in [0.5, 0.6) is 0 Å². The monoisotopic (exact) mass is 361 g/mol. The van der Waals surface area contributed by atoms with Gasteiger partial charge in [-0.3, -0.25) is 4.40 Å². The van der Waals surface area contributed by atoms with Gasteiger partial charge in [0.25, 0.3) is 0 Å². The maximum Gasteiger partial charge on any atom is 0.213 e. The Morgan fingerprint density at radius 1 is 1.26 bits per heavy atom. The third-order valence-corrected chi connectivity index (χ3v) is 4.29. The minimum Gasteiger partial charge on any atom is -0.324 e. The van der Waals surface area contributed by atoms with Crippen LogP contribution in [0.3, 0.4) is 0 Å². The third-order valence-electron chi connectivity index (χ3n) is 4.29. The quantitative estimate of drug-likeness (QED) is 0.510. The van der Waals surface area contributed by atoms with Gasteiger partial charge in [-0.1, -0.05) is 19.4 Å². The molecule has 0 amide bonds. The molecule has 4 heterocycles. The topological polar surface area (TPSA) is 84.7 Å². The molecule has 0 bridgehead atoms. The number of halogens is 1. The first-order valence-corrected chi connectivity index (χ1v) is 8.59. The molecule has 0 aliphatic heterocycles. The van der Waals surface area contributed by atoms with E-state index < -0.39 is 5.95 Å². The average molecular weight is 361 g/mol. The van der Waals surface area contributed by atoms with Crippen molar-refractivity contribution in [2.45, 2.75) is 26.3 Å². The van der Waals surface area contributed by atoms with Crippen molar-refractivity contribution >= 4 is 5.65 Å². The molecule has 0 atom stereocenters. The fraction of sp³-hybridized carbons (Fsp3) is 0.211. The Kier molecular flexibility index (Phi) is 4.34. The first-order chi connectivity index (χ1) is 13.2. The van der Waals surface area contributed by atoms with Gasteiger partial charge in [0.2, 0.25) is 5.95 Å². The van der Waals surface area contributed by atoms with Gasteiger partial charge >= 0.3 is 0 Å². The van der Waals surface area contributed by atoms with E-state index in [1.54, 1.807) is 46.0 Å². The van der Waals surface area contributed by atoms with Gasteiger partial charge in [0, 0.05) is 24.2 Å². The smallest absolute Gasteiger partial charge is 0.213 e. The van der Waals surface area contributed by atoms with E-state index in [-0.39, 0.29) is 0 Å². The number of aromatic nitrogens is 6. The van der Waals surface area contributed by atoms with Crippen molar-refractivity contribution in [2.24, 2.45) is 0 Å². The van der Waals surface area contributed by atoms with Crippen molar-refractivity contribution in [3.63, 3.8) is 0 Å². The summed E-state index contributed by atoms with van der Waals surface area (Å²) in [6.45, 7) is 2.41. The number of nitrogens with zero attached hydrogens (tertiary/aromatic N) is 7. The molecule has 0 spiro atoms. The fourth-order valence-electron chi connectivity index (χ4n) is 3.10. The summed E-state index contributed by atoms with van der Waals surface area (Å²) < 4.78 is 17.0. The Labute approximate surface area is 154 Å². The highest BCUT2D eigenvalue weighted by molar-refractivity contribution is 5.53. The van der Waals surface area contributed by atoms with E-state index >= 15 is 0 Å². The van der Waals surface area contributed by atoms with E-state index in [2.05, 4.69) is 32.9 Å². The zero-order valence-corrected chi connectivity index (χ0v) is 14.7. The van der Waals surface area contributed by atoms with Crippen LogP contribution in [0.1, 0.15) is 30.3 Å². The summed E-state index contributed by atoms with van der Waals surface area (Å²) in [6, 6.07) is 6.79. The number of pyridine rings is 1. The van der Waals surface area contributed by atoms with Gasteiger partial charge in [-0.05, 0) is 18.6 Å². The van der Waals surface area contributed by atoms with Crippen LogP contribution >= 0.6 is 0 Å². The first-order valence-electron chi connectivity index (χ1n) is 8.59. The summed E-state index contributed by atoms with van der Waals surface area (Å²) in [4.78, 5) is 17.1. The van der Waals surface area contributed by atoms with E-state index in [0.29, 0.717) is 29.5 Å². The summed E-state index contributed by atoms with van der Waals surface area (Å²) in [7, 11) is 0. The summed E-state index contributed by atoms with van der Waals surface area (Å²) in [5, 5.41) is 9.65. The summed E-state index contributed by atoms with van der Waals surface area (Å²) in [5.74, 6) is -0.0508. The largest absolute Gasteiger partial charge is 0.324 e. The van der Waals surface area contributed by atoms with Gasteiger partial charge in [0.05, 0.1) is 12.2 Å². The molecular weight excluding hydrogens is 345 g/mol. The van der Waals surface area contributed by atoms with Gasteiger partial charge in [0.15, 0.2) is 11.5 Å². The SMILES string of the molecule is CCCc1cncn2c(C#N)c(Cn3ccnc3-c3cccc(F)n3)nc12. The van der Waals surface area contributed by atoms with E-state index in [9.17, 15) is 9.65 Å². The molecular formula is C19H16FN7. The summed E-state index contributed by atoms with van der Waals surface area (Å²) in [6.07, 6.45) is 8.57. The molecule has 4 aromatic heterocycles. The van der Waals surface area contributed by atoms with Crippen molar-refractivity contribution in [2.75, 3.05) is 0 Å². The number of fused-ring (bicyclic) bond motifs is 1. The zero-order valence-electron chi connectivity index (χ0n) is 14.7. The van der Waals surface area contributed by atoms with Crippen molar-refractivity contribution in [1.82, 2.24) is 28.9 Å². The molecule has 27 heavy (non-hydrogen) atoms. The minimum absolute atomic E-state index is 0.323. The maximum absolute atomic E-state index is 13.5. The van der Waals surface area contributed by atoms with E-state index in [1.807, 2.05) is 0 Å². The predicted molar refractivity (Wildman–Crippen MR) is 96.2 cm³/mol. The lowest BCUT2D eigenvalue weighted by molar-refractivity contribution is 0.584. The fourth-order valence-corrected chi connectivity index (χ4v) is 3.10. The highest BCUT2D eigenvalue weighted by Gasteiger charge is 2.17. The van der Waals surface area contributed by atoms with Crippen LogP contribution in [0, 0.1) is 17.3 Å². The molecule has 0 saturated carbocycles. The summed E-state index contributed by atoms with van der Waals surface area (Å²) >= 11 is 0. The lowest BCUT2D eigenvalue weighted by Crippen LogP contribution is -2.04. The zero-order chi connectivity index (χ0) is 18.8. The molecule has 7 nitrogen and oxygen atoms in total. The van der Waals surface area contributed by atoms with Crippen LogP contribution in [0.4, 0.5) is 4.39 Å². The van der Waals surface area contributed by atoms with Gasteiger partial charge < -0.3 is 4.57 Å². The molecule has 134 valence electrons. The molecule has 0 N–H and O–H groups in total. The number of rotatable bonds is 5. The molecule has 0 aliphatic rings. The lowest BCUT2D eigenvalue weighted by atomic mass is 10.2. The predicted octanol–water partition coefficient (Wildman–Crippen LogP) is 3.00. The highest BCUT2D eigenvalue weighted by Crippen LogP contribution is 2.20. The second-order valence-electron chi connectivity index (χ2n) is 6.11. The van der Waals surface area contributed by atoms with Crippen LogP contribution in [-0.2, 0) is 13.0 Å². The number of aryl methyl sites for hydroxylation is 1. The molecule has 0 aromatic carbocycles. The van der Waals surface area contributed by atoms with Crippen molar-refractivity contribution in [1.29, 1.82) is 5.26 Å². The summed E-state index contributed by atoms with van der Waals surface area (Å²) in [5.41, 5.74) is 3.21. The maximum atomic E-state index is 13.5.